The van der Waals surface area contributed by atoms with Crippen LogP contribution in [0.3, 0.4) is 0 Å². The van der Waals surface area contributed by atoms with Gasteiger partial charge < -0.3 is 9.84 Å². The highest BCUT2D eigenvalue weighted by Gasteiger charge is 2.35. The molecule has 0 radical (unpaired) electrons. The lowest BCUT2D eigenvalue weighted by Gasteiger charge is -2.24. The van der Waals surface area contributed by atoms with Gasteiger partial charge in [0.1, 0.15) is 0 Å². The quantitative estimate of drug-likeness (QED) is 0.853. The standard InChI is InChI=1S/C13H18BrNO4S/c1-9-11(14)5-10(7-16)6-12(9)20(17,18)15-13(2)3-4-19-8-13/h5-6,15-16H,3-4,7-8H2,1-2H3. The lowest BCUT2D eigenvalue weighted by molar-refractivity contribution is 0.178. The van der Waals surface area contributed by atoms with Crippen LogP contribution in [-0.2, 0) is 21.4 Å². The van der Waals surface area contributed by atoms with Crippen molar-refractivity contribution in [3.05, 3.63) is 27.7 Å². The minimum Gasteiger partial charge on any atom is -0.392 e. The molecule has 1 atom stereocenters. The van der Waals surface area contributed by atoms with Gasteiger partial charge in [0, 0.05) is 11.1 Å². The zero-order valence-electron chi connectivity index (χ0n) is 11.4. The number of aliphatic hydroxyl groups excluding tert-OH is 1. The van der Waals surface area contributed by atoms with Crippen molar-refractivity contribution < 1.29 is 18.3 Å². The molecule has 20 heavy (non-hydrogen) atoms. The first-order valence-electron chi connectivity index (χ1n) is 6.29. The highest BCUT2D eigenvalue weighted by Crippen LogP contribution is 2.28. The second-order valence-electron chi connectivity index (χ2n) is 5.33. The van der Waals surface area contributed by atoms with Gasteiger partial charge in [0.2, 0.25) is 10.0 Å². The molecule has 2 N–H and O–H groups in total. The van der Waals surface area contributed by atoms with Gasteiger partial charge in [-0.15, -0.1) is 0 Å². The van der Waals surface area contributed by atoms with E-state index in [1.54, 1.807) is 13.0 Å². The largest absolute Gasteiger partial charge is 0.392 e. The smallest absolute Gasteiger partial charge is 0.241 e. The van der Waals surface area contributed by atoms with Crippen LogP contribution in [0.25, 0.3) is 0 Å². The summed E-state index contributed by atoms with van der Waals surface area (Å²) >= 11 is 3.33. The SMILES string of the molecule is Cc1c(Br)cc(CO)cc1S(=O)(=O)NC1(C)CCOC1. The van der Waals surface area contributed by atoms with E-state index in [2.05, 4.69) is 20.7 Å². The third-order valence-electron chi connectivity index (χ3n) is 3.43. The van der Waals surface area contributed by atoms with E-state index in [4.69, 9.17) is 4.74 Å². The van der Waals surface area contributed by atoms with Crippen molar-refractivity contribution in [1.82, 2.24) is 4.72 Å². The Morgan fingerprint density at radius 1 is 1.50 bits per heavy atom. The summed E-state index contributed by atoms with van der Waals surface area (Å²) in [5.41, 5.74) is 0.598. The Morgan fingerprint density at radius 3 is 2.75 bits per heavy atom. The summed E-state index contributed by atoms with van der Waals surface area (Å²) < 4.78 is 33.8. The molecule has 5 nitrogen and oxygen atoms in total. The van der Waals surface area contributed by atoms with Crippen LogP contribution in [0.4, 0.5) is 0 Å². The average molecular weight is 364 g/mol. The number of rotatable bonds is 4. The van der Waals surface area contributed by atoms with E-state index in [-0.39, 0.29) is 11.5 Å². The molecule has 1 aromatic rings. The zero-order chi connectivity index (χ0) is 15.0. The fourth-order valence-electron chi connectivity index (χ4n) is 2.20. The third kappa shape index (κ3) is 3.23. The molecule has 1 fully saturated rings. The Balaban J connectivity index is 2.41. The Labute approximate surface area is 127 Å². The Morgan fingerprint density at radius 2 is 2.20 bits per heavy atom. The first-order chi connectivity index (χ1) is 9.27. The van der Waals surface area contributed by atoms with E-state index in [0.29, 0.717) is 35.2 Å². The summed E-state index contributed by atoms with van der Waals surface area (Å²) in [7, 11) is -3.66. The van der Waals surface area contributed by atoms with Crippen molar-refractivity contribution in [1.29, 1.82) is 0 Å². The molecule has 1 saturated heterocycles. The summed E-state index contributed by atoms with van der Waals surface area (Å²) in [6, 6.07) is 3.22. The zero-order valence-corrected chi connectivity index (χ0v) is 13.8. The van der Waals surface area contributed by atoms with E-state index in [9.17, 15) is 13.5 Å². The molecule has 112 valence electrons. The van der Waals surface area contributed by atoms with Crippen LogP contribution in [-0.4, -0.2) is 32.3 Å². The predicted octanol–water partition coefficient (Wildman–Crippen LogP) is 1.71. The second kappa shape index (κ2) is 5.73. The third-order valence-corrected chi connectivity index (χ3v) is 6.02. The van der Waals surface area contributed by atoms with Crippen LogP contribution in [0.1, 0.15) is 24.5 Å². The number of halogens is 1. The highest BCUT2D eigenvalue weighted by molar-refractivity contribution is 9.10. The molecule has 1 aromatic carbocycles. The Hall–Kier alpha value is -0.470. The molecular weight excluding hydrogens is 346 g/mol. The first-order valence-corrected chi connectivity index (χ1v) is 8.57. The Bertz CT molecular complexity index is 609. The van der Waals surface area contributed by atoms with Gasteiger partial charge in [-0.3, -0.25) is 0 Å². The minimum absolute atomic E-state index is 0.184. The molecule has 2 rings (SSSR count). The van der Waals surface area contributed by atoms with Gasteiger partial charge in [-0.2, -0.15) is 0 Å². The van der Waals surface area contributed by atoms with Crippen molar-refractivity contribution >= 4 is 26.0 Å². The van der Waals surface area contributed by atoms with Crippen LogP contribution in [0.2, 0.25) is 0 Å². The lowest BCUT2D eigenvalue weighted by atomic mass is 10.0. The summed E-state index contributed by atoms with van der Waals surface area (Å²) in [5.74, 6) is 0. The molecule has 0 bridgehead atoms. The second-order valence-corrected chi connectivity index (χ2v) is 7.83. The summed E-state index contributed by atoms with van der Waals surface area (Å²) in [4.78, 5) is 0.184. The molecule has 1 aliphatic rings. The van der Waals surface area contributed by atoms with E-state index < -0.39 is 15.6 Å². The Kier molecular flexibility index (Phi) is 4.56. The molecule has 1 heterocycles. The van der Waals surface area contributed by atoms with Gasteiger partial charge in [0.25, 0.3) is 0 Å². The van der Waals surface area contributed by atoms with E-state index in [0.717, 1.165) is 0 Å². The van der Waals surface area contributed by atoms with Crippen molar-refractivity contribution in [2.45, 2.75) is 37.3 Å². The molecular formula is C13H18BrNO4S. The molecule has 1 aliphatic heterocycles. The number of hydrogen-bond donors (Lipinski definition) is 2. The number of benzene rings is 1. The van der Waals surface area contributed by atoms with Gasteiger partial charge in [-0.05, 0) is 43.5 Å². The maximum Gasteiger partial charge on any atom is 0.241 e. The van der Waals surface area contributed by atoms with Crippen molar-refractivity contribution in [3.8, 4) is 0 Å². The molecule has 0 aliphatic carbocycles. The molecule has 7 heteroatoms. The monoisotopic (exact) mass is 363 g/mol. The normalized spacial score (nSPS) is 23.2. The number of ether oxygens (including phenoxy) is 1. The predicted molar refractivity (Wildman–Crippen MR) is 79.0 cm³/mol. The molecule has 0 saturated carbocycles. The average Bonchev–Trinajstić information content (AvgIpc) is 2.77. The van der Waals surface area contributed by atoms with Gasteiger partial charge >= 0.3 is 0 Å². The van der Waals surface area contributed by atoms with Crippen LogP contribution >= 0.6 is 15.9 Å². The number of aliphatic hydroxyl groups is 1. The first kappa shape index (κ1) is 15.9. The van der Waals surface area contributed by atoms with Crippen LogP contribution in [0.5, 0.6) is 0 Å². The topological polar surface area (TPSA) is 75.6 Å². The fraction of sp³-hybridized carbons (Fsp3) is 0.538. The summed E-state index contributed by atoms with van der Waals surface area (Å²) in [5, 5.41) is 9.22. The number of sulfonamides is 1. The minimum atomic E-state index is -3.66. The van der Waals surface area contributed by atoms with Gasteiger partial charge in [-0.25, -0.2) is 13.1 Å². The molecule has 0 aromatic heterocycles. The maximum absolute atomic E-state index is 12.6. The number of nitrogens with one attached hydrogen (secondary N) is 1. The van der Waals surface area contributed by atoms with Crippen LogP contribution < -0.4 is 4.72 Å². The van der Waals surface area contributed by atoms with E-state index in [1.165, 1.54) is 6.07 Å². The summed E-state index contributed by atoms with van der Waals surface area (Å²) in [6.45, 7) is 4.28. The van der Waals surface area contributed by atoms with Crippen LogP contribution in [0, 0.1) is 6.92 Å². The van der Waals surface area contributed by atoms with Crippen LogP contribution in [0.15, 0.2) is 21.5 Å². The molecule has 0 spiro atoms. The highest BCUT2D eigenvalue weighted by atomic mass is 79.9. The number of hydrogen-bond acceptors (Lipinski definition) is 4. The molecule has 1 unspecified atom stereocenters. The van der Waals surface area contributed by atoms with Crippen molar-refractivity contribution in [3.63, 3.8) is 0 Å². The molecule has 0 amide bonds. The fourth-order valence-corrected chi connectivity index (χ4v) is 4.58. The van der Waals surface area contributed by atoms with Crippen molar-refractivity contribution in [2.24, 2.45) is 0 Å². The maximum atomic E-state index is 12.6. The van der Waals surface area contributed by atoms with Gasteiger partial charge in [0.05, 0.1) is 23.6 Å². The van der Waals surface area contributed by atoms with E-state index in [1.807, 2.05) is 6.92 Å². The van der Waals surface area contributed by atoms with Gasteiger partial charge in [0.15, 0.2) is 0 Å². The lowest BCUT2D eigenvalue weighted by Crippen LogP contribution is -2.46. The summed E-state index contributed by atoms with van der Waals surface area (Å²) in [6.07, 6.45) is 0.645. The van der Waals surface area contributed by atoms with E-state index >= 15 is 0 Å². The van der Waals surface area contributed by atoms with Gasteiger partial charge in [-0.1, -0.05) is 15.9 Å². The van der Waals surface area contributed by atoms with Crippen molar-refractivity contribution in [2.75, 3.05) is 13.2 Å².